The molecule has 1 saturated heterocycles. The van der Waals surface area contributed by atoms with E-state index >= 15 is 0 Å². The van der Waals surface area contributed by atoms with Gasteiger partial charge in [-0.3, -0.25) is 4.84 Å². The van der Waals surface area contributed by atoms with E-state index in [-0.39, 0.29) is 13.2 Å². The zero-order valence-corrected chi connectivity index (χ0v) is 12.3. The summed E-state index contributed by atoms with van der Waals surface area (Å²) < 4.78 is 4.90. The van der Waals surface area contributed by atoms with E-state index in [0.29, 0.717) is 0 Å². The van der Waals surface area contributed by atoms with Crippen molar-refractivity contribution in [1.29, 1.82) is 0 Å². The Kier molecular flexibility index (Phi) is 5.88. The second-order valence-electron chi connectivity index (χ2n) is 5.22. The van der Waals surface area contributed by atoms with Gasteiger partial charge in [-0.2, -0.15) is 0 Å². The van der Waals surface area contributed by atoms with Crippen molar-refractivity contribution in [2.24, 2.45) is 0 Å². The van der Waals surface area contributed by atoms with E-state index in [1.807, 2.05) is 30.3 Å². The van der Waals surface area contributed by atoms with E-state index in [9.17, 15) is 25.2 Å². The van der Waals surface area contributed by atoms with Crippen LogP contribution in [-0.4, -0.2) is 63.7 Å². The first kappa shape index (κ1) is 17.6. The van der Waals surface area contributed by atoms with Gasteiger partial charge in [-0.15, -0.1) is 0 Å². The molecule has 2 rings (SSSR count). The van der Waals surface area contributed by atoms with Gasteiger partial charge in [-0.05, 0) is 5.56 Å². The average molecular weight is 328 g/mol. The first-order chi connectivity index (χ1) is 10.9. The van der Waals surface area contributed by atoms with Crippen molar-refractivity contribution in [1.82, 2.24) is 10.8 Å². The number of aliphatic hydroxyl groups is 4. The predicted octanol–water partition coefficient (Wildman–Crippen LogP) is -1.78. The quantitative estimate of drug-likeness (QED) is 0.351. The van der Waals surface area contributed by atoms with Crippen molar-refractivity contribution in [3.63, 3.8) is 0 Å². The average Bonchev–Trinajstić information content (AvgIpc) is 2.56. The van der Waals surface area contributed by atoms with Gasteiger partial charge in [0.05, 0.1) is 19.8 Å². The fourth-order valence-corrected chi connectivity index (χ4v) is 2.05. The molecule has 1 aliphatic heterocycles. The van der Waals surface area contributed by atoms with Crippen LogP contribution < -0.4 is 10.8 Å². The molecule has 9 heteroatoms. The number of benzene rings is 1. The molecule has 1 aliphatic rings. The Morgan fingerprint density at radius 2 is 2.00 bits per heavy atom. The SMILES string of the molecule is O=C(NC[C@@]1(O)OC[C@@H](O)[C@@H](O)[C@@H]1O)NOCc1ccccc1. The minimum Gasteiger partial charge on any atom is -0.388 e. The van der Waals surface area contributed by atoms with Gasteiger partial charge < -0.3 is 30.5 Å². The maximum Gasteiger partial charge on any atom is 0.338 e. The second kappa shape index (κ2) is 7.68. The molecular formula is C14H20N2O7. The van der Waals surface area contributed by atoms with Gasteiger partial charge in [-0.1, -0.05) is 30.3 Å². The van der Waals surface area contributed by atoms with E-state index in [4.69, 9.17) is 9.57 Å². The fourth-order valence-electron chi connectivity index (χ4n) is 2.05. The van der Waals surface area contributed by atoms with Crippen LogP contribution in [0, 0.1) is 0 Å². The molecule has 0 aliphatic carbocycles. The van der Waals surface area contributed by atoms with Crippen molar-refractivity contribution < 1.29 is 34.8 Å². The molecule has 0 saturated carbocycles. The molecule has 1 heterocycles. The van der Waals surface area contributed by atoms with Crippen molar-refractivity contribution in [2.45, 2.75) is 30.7 Å². The van der Waals surface area contributed by atoms with Crippen molar-refractivity contribution in [3.05, 3.63) is 35.9 Å². The number of hydrogen-bond acceptors (Lipinski definition) is 7. The molecule has 2 amide bonds. The highest BCUT2D eigenvalue weighted by molar-refractivity contribution is 5.72. The lowest BCUT2D eigenvalue weighted by atomic mass is 9.97. The Labute approximate surface area is 132 Å². The molecule has 128 valence electrons. The number of urea groups is 1. The Balaban J connectivity index is 1.73. The third kappa shape index (κ3) is 4.61. The third-order valence-electron chi connectivity index (χ3n) is 3.43. The summed E-state index contributed by atoms with van der Waals surface area (Å²) in [5, 5.41) is 40.9. The number of carbonyl (C=O) groups is 1. The summed E-state index contributed by atoms with van der Waals surface area (Å²) in [6.45, 7) is -0.719. The number of nitrogens with one attached hydrogen (secondary N) is 2. The summed E-state index contributed by atoms with van der Waals surface area (Å²) in [7, 11) is 0. The highest BCUT2D eigenvalue weighted by Crippen LogP contribution is 2.23. The summed E-state index contributed by atoms with van der Waals surface area (Å²) >= 11 is 0. The summed E-state index contributed by atoms with van der Waals surface area (Å²) in [6.07, 6.45) is -4.65. The van der Waals surface area contributed by atoms with Crippen LogP contribution in [0.2, 0.25) is 0 Å². The van der Waals surface area contributed by atoms with Crippen LogP contribution in [0.4, 0.5) is 4.79 Å². The van der Waals surface area contributed by atoms with Crippen molar-refractivity contribution in [2.75, 3.05) is 13.2 Å². The molecule has 0 radical (unpaired) electrons. The topological polar surface area (TPSA) is 141 Å². The van der Waals surface area contributed by atoms with E-state index < -0.39 is 36.7 Å². The normalized spacial score (nSPS) is 30.7. The molecule has 6 N–H and O–H groups in total. The Morgan fingerprint density at radius 3 is 2.70 bits per heavy atom. The van der Waals surface area contributed by atoms with E-state index in [1.165, 1.54) is 0 Å². The first-order valence-corrected chi connectivity index (χ1v) is 7.02. The second-order valence-corrected chi connectivity index (χ2v) is 5.22. The van der Waals surface area contributed by atoms with Gasteiger partial charge in [0, 0.05) is 0 Å². The summed E-state index contributed by atoms with van der Waals surface area (Å²) in [5.74, 6) is -2.20. The summed E-state index contributed by atoms with van der Waals surface area (Å²) in [4.78, 5) is 16.5. The Bertz CT molecular complexity index is 515. The third-order valence-corrected chi connectivity index (χ3v) is 3.43. The van der Waals surface area contributed by atoms with Gasteiger partial charge in [-0.25, -0.2) is 10.3 Å². The molecule has 1 aromatic carbocycles. The van der Waals surface area contributed by atoms with Crippen LogP contribution in [0.15, 0.2) is 30.3 Å². The van der Waals surface area contributed by atoms with Gasteiger partial charge >= 0.3 is 6.03 Å². The van der Waals surface area contributed by atoms with Gasteiger partial charge in [0.1, 0.15) is 18.3 Å². The van der Waals surface area contributed by atoms with E-state index in [1.54, 1.807) is 0 Å². The number of rotatable bonds is 5. The molecule has 1 fully saturated rings. The van der Waals surface area contributed by atoms with Crippen LogP contribution in [0.25, 0.3) is 0 Å². The maximum atomic E-state index is 11.6. The molecule has 0 aromatic heterocycles. The minimum atomic E-state index is -2.20. The van der Waals surface area contributed by atoms with Crippen LogP contribution in [0.1, 0.15) is 5.56 Å². The van der Waals surface area contributed by atoms with E-state index in [2.05, 4.69) is 10.8 Å². The number of ether oxygens (including phenoxy) is 1. The number of aliphatic hydroxyl groups excluding tert-OH is 3. The fraction of sp³-hybridized carbons (Fsp3) is 0.500. The molecule has 0 unspecified atom stereocenters. The molecular weight excluding hydrogens is 308 g/mol. The number of hydroxylamine groups is 1. The monoisotopic (exact) mass is 328 g/mol. The zero-order valence-electron chi connectivity index (χ0n) is 12.3. The lowest BCUT2D eigenvalue weighted by Crippen LogP contribution is -2.65. The number of hydrogen-bond donors (Lipinski definition) is 6. The molecule has 9 nitrogen and oxygen atoms in total. The van der Waals surface area contributed by atoms with Crippen LogP contribution in [-0.2, 0) is 16.2 Å². The summed E-state index contributed by atoms with van der Waals surface area (Å²) in [6, 6.07) is 8.39. The predicted molar refractivity (Wildman–Crippen MR) is 76.7 cm³/mol. The van der Waals surface area contributed by atoms with Crippen molar-refractivity contribution >= 4 is 6.03 Å². The van der Waals surface area contributed by atoms with Crippen LogP contribution in [0.5, 0.6) is 0 Å². The number of amides is 2. The summed E-state index contributed by atoms with van der Waals surface area (Å²) in [5.41, 5.74) is 2.97. The Morgan fingerprint density at radius 1 is 1.30 bits per heavy atom. The smallest absolute Gasteiger partial charge is 0.338 e. The standard InChI is InChI=1S/C14H20N2O7/c17-10-7-22-14(21,12(19)11(10)18)8-15-13(20)16-23-6-9-4-2-1-3-5-9/h1-5,10-12,17-19,21H,6-8H2,(H2,15,16,20)/t10-,11-,12+,14-/m1/s1. The Hall–Kier alpha value is -1.75. The first-order valence-electron chi connectivity index (χ1n) is 7.02. The molecule has 23 heavy (non-hydrogen) atoms. The number of carbonyl (C=O) groups excluding carboxylic acids is 1. The van der Waals surface area contributed by atoms with Gasteiger partial charge in [0.2, 0.25) is 5.79 Å². The maximum absolute atomic E-state index is 11.6. The lowest BCUT2D eigenvalue weighted by molar-refractivity contribution is -0.317. The highest BCUT2D eigenvalue weighted by Gasteiger charge is 2.48. The minimum absolute atomic E-state index is 0.155. The largest absolute Gasteiger partial charge is 0.388 e. The van der Waals surface area contributed by atoms with Gasteiger partial charge in [0.15, 0.2) is 0 Å². The lowest BCUT2D eigenvalue weighted by Gasteiger charge is -2.41. The van der Waals surface area contributed by atoms with Crippen LogP contribution >= 0.6 is 0 Å². The van der Waals surface area contributed by atoms with Gasteiger partial charge in [0.25, 0.3) is 0 Å². The van der Waals surface area contributed by atoms with E-state index in [0.717, 1.165) is 5.56 Å². The molecule has 1 aromatic rings. The highest BCUT2D eigenvalue weighted by atomic mass is 16.7. The molecule has 4 atom stereocenters. The van der Waals surface area contributed by atoms with Crippen molar-refractivity contribution in [3.8, 4) is 0 Å². The molecule has 0 spiro atoms. The van der Waals surface area contributed by atoms with Crippen LogP contribution in [0.3, 0.4) is 0 Å². The zero-order chi connectivity index (χ0) is 16.9. The molecule has 0 bridgehead atoms.